The van der Waals surface area contributed by atoms with E-state index in [0.717, 1.165) is 0 Å². The van der Waals surface area contributed by atoms with Crippen LogP contribution in [-0.4, -0.2) is 48.7 Å². The van der Waals surface area contributed by atoms with Crippen LogP contribution in [0.5, 0.6) is 0 Å². The fraction of sp³-hybridized carbons (Fsp3) is 0.667. The van der Waals surface area contributed by atoms with E-state index in [-0.39, 0.29) is 31.3 Å². The van der Waals surface area contributed by atoms with Crippen molar-refractivity contribution < 1.29 is 24.2 Å². The Morgan fingerprint density at radius 3 is 2.88 bits per heavy atom. The van der Waals surface area contributed by atoms with Gasteiger partial charge in [0.2, 0.25) is 5.91 Å². The van der Waals surface area contributed by atoms with Crippen LogP contribution in [0.1, 0.15) is 12.8 Å². The average Bonchev–Trinajstić information content (AvgIpc) is 2.54. The van der Waals surface area contributed by atoms with Crippen LogP contribution in [0.2, 0.25) is 0 Å². The standard InChI is InChI=1S/C9H14N2O5/c1-16-9(15)4-10-5-2-7(12)11-6(5)3-8(13)14/h5-6,10H,2-4H2,1H3,(H,11,12)(H,13,14)/t5-,6+/m0/s1. The molecule has 1 fully saturated rings. The zero-order chi connectivity index (χ0) is 12.1. The molecule has 0 spiro atoms. The molecular weight excluding hydrogens is 216 g/mol. The van der Waals surface area contributed by atoms with Crippen LogP contribution >= 0.6 is 0 Å². The molecule has 1 rings (SSSR count). The molecule has 0 aromatic rings. The zero-order valence-corrected chi connectivity index (χ0v) is 8.86. The summed E-state index contributed by atoms with van der Waals surface area (Å²) in [7, 11) is 1.26. The highest BCUT2D eigenvalue weighted by atomic mass is 16.5. The van der Waals surface area contributed by atoms with Gasteiger partial charge in [0.25, 0.3) is 0 Å². The normalized spacial score (nSPS) is 23.9. The van der Waals surface area contributed by atoms with E-state index >= 15 is 0 Å². The van der Waals surface area contributed by atoms with Crippen molar-refractivity contribution in [3.8, 4) is 0 Å². The van der Waals surface area contributed by atoms with Crippen molar-refractivity contribution in [2.24, 2.45) is 0 Å². The molecule has 1 heterocycles. The van der Waals surface area contributed by atoms with E-state index < -0.39 is 18.0 Å². The summed E-state index contributed by atoms with van der Waals surface area (Å²) in [6, 6.07) is -0.822. The van der Waals surface area contributed by atoms with Gasteiger partial charge < -0.3 is 20.5 Å². The fourth-order valence-electron chi connectivity index (χ4n) is 1.59. The van der Waals surface area contributed by atoms with Crippen molar-refractivity contribution in [2.45, 2.75) is 24.9 Å². The van der Waals surface area contributed by atoms with E-state index in [9.17, 15) is 14.4 Å². The number of ether oxygens (including phenoxy) is 1. The summed E-state index contributed by atoms with van der Waals surface area (Å²) >= 11 is 0. The first-order valence-corrected chi connectivity index (χ1v) is 4.84. The van der Waals surface area contributed by atoms with E-state index in [0.29, 0.717) is 0 Å². The van der Waals surface area contributed by atoms with Gasteiger partial charge in [-0.25, -0.2) is 0 Å². The molecule has 3 N–H and O–H groups in total. The number of carbonyl (C=O) groups is 3. The predicted molar refractivity (Wildman–Crippen MR) is 52.6 cm³/mol. The van der Waals surface area contributed by atoms with Crippen molar-refractivity contribution in [3.63, 3.8) is 0 Å². The van der Waals surface area contributed by atoms with Crippen LogP contribution in [0.4, 0.5) is 0 Å². The summed E-state index contributed by atoms with van der Waals surface area (Å²) < 4.78 is 4.43. The highest BCUT2D eigenvalue weighted by Gasteiger charge is 2.33. The Bertz CT molecular complexity index is 304. The zero-order valence-electron chi connectivity index (χ0n) is 8.86. The van der Waals surface area contributed by atoms with E-state index in [1.54, 1.807) is 0 Å². The van der Waals surface area contributed by atoms with Crippen LogP contribution in [0.25, 0.3) is 0 Å². The molecule has 0 bridgehead atoms. The molecule has 16 heavy (non-hydrogen) atoms. The summed E-state index contributed by atoms with van der Waals surface area (Å²) in [5.41, 5.74) is 0. The number of esters is 1. The molecule has 1 aliphatic heterocycles. The molecule has 1 saturated heterocycles. The minimum atomic E-state index is -0.989. The van der Waals surface area contributed by atoms with Gasteiger partial charge >= 0.3 is 11.9 Å². The Balaban J connectivity index is 2.46. The van der Waals surface area contributed by atoms with Gasteiger partial charge in [0.15, 0.2) is 0 Å². The summed E-state index contributed by atoms with van der Waals surface area (Å²) in [5, 5.41) is 14.0. The molecule has 0 unspecified atom stereocenters. The molecule has 1 amide bonds. The third-order valence-corrected chi connectivity index (χ3v) is 2.37. The quantitative estimate of drug-likeness (QED) is 0.495. The highest BCUT2D eigenvalue weighted by molar-refractivity contribution is 5.81. The molecule has 0 saturated carbocycles. The highest BCUT2D eigenvalue weighted by Crippen LogP contribution is 2.11. The summed E-state index contributed by atoms with van der Waals surface area (Å²) in [6.07, 6.45) is 0.0134. The average molecular weight is 230 g/mol. The fourth-order valence-corrected chi connectivity index (χ4v) is 1.59. The smallest absolute Gasteiger partial charge is 0.319 e. The van der Waals surface area contributed by atoms with Gasteiger partial charge in [-0.15, -0.1) is 0 Å². The predicted octanol–water partition coefficient (Wildman–Crippen LogP) is -1.52. The molecule has 0 aliphatic carbocycles. The Labute approximate surface area is 92.1 Å². The number of nitrogens with one attached hydrogen (secondary N) is 2. The second kappa shape index (κ2) is 5.45. The minimum Gasteiger partial charge on any atom is -0.481 e. The van der Waals surface area contributed by atoms with Crippen molar-refractivity contribution >= 4 is 17.8 Å². The molecule has 0 radical (unpaired) electrons. The topological polar surface area (TPSA) is 105 Å². The Kier molecular flexibility index (Phi) is 4.24. The van der Waals surface area contributed by atoms with Crippen LogP contribution in [0, 0.1) is 0 Å². The van der Waals surface area contributed by atoms with Crippen LogP contribution in [0.15, 0.2) is 0 Å². The number of hydrogen-bond donors (Lipinski definition) is 3. The number of hydrogen-bond acceptors (Lipinski definition) is 5. The second-order valence-corrected chi connectivity index (χ2v) is 3.54. The molecule has 7 nitrogen and oxygen atoms in total. The molecule has 7 heteroatoms. The molecule has 90 valence electrons. The number of aliphatic carboxylic acids is 1. The molecule has 2 atom stereocenters. The number of carbonyl (C=O) groups excluding carboxylic acids is 2. The first-order chi connectivity index (χ1) is 7.52. The third-order valence-electron chi connectivity index (χ3n) is 2.37. The largest absolute Gasteiger partial charge is 0.481 e. The Hall–Kier alpha value is -1.63. The number of amides is 1. The van der Waals surface area contributed by atoms with Gasteiger partial charge in [-0.1, -0.05) is 0 Å². The number of carboxylic acid groups (broad SMARTS) is 1. The summed E-state index contributed by atoms with van der Waals surface area (Å²) in [4.78, 5) is 32.5. The number of methoxy groups -OCH3 is 1. The van der Waals surface area contributed by atoms with Crippen LogP contribution < -0.4 is 10.6 Å². The maximum atomic E-state index is 11.1. The van der Waals surface area contributed by atoms with Crippen LogP contribution in [0.3, 0.4) is 0 Å². The first kappa shape index (κ1) is 12.4. The lowest BCUT2D eigenvalue weighted by Crippen LogP contribution is -2.44. The third kappa shape index (κ3) is 3.50. The minimum absolute atomic E-state index is 0.0355. The van der Waals surface area contributed by atoms with E-state index in [1.165, 1.54) is 7.11 Å². The van der Waals surface area contributed by atoms with Gasteiger partial charge in [0.1, 0.15) is 0 Å². The molecule has 0 aromatic carbocycles. The van der Waals surface area contributed by atoms with Gasteiger partial charge in [0, 0.05) is 12.5 Å². The number of carboxylic acids is 1. The van der Waals surface area contributed by atoms with Gasteiger partial charge in [-0.2, -0.15) is 0 Å². The molecule has 1 aliphatic rings. The van der Waals surface area contributed by atoms with Crippen LogP contribution in [-0.2, 0) is 19.1 Å². The molecular formula is C9H14N2O5. The van der Waals surface area contributed by atoms with Gasteiger partial charge in [0.05, 0.1) is 26.1 Å². The van der Waals surface area contributed by atoms with E-state index in [2.05, 4.69) is 15.4 Å². The van der Waals surface area contributed by atoms with Gasteiger partial charge in [-0.3, -0.25) is 14.4 Å². The van der Waals surface area contributed by atoms with Crippen molar-refractivity contribution in [1.29, 1.82) is 0 Å². The monoisotopic (exact) mass is 230 g/mol. The lowest BCUT2D eigenvalue weighted by Gasteiger charge is -2.17. The number of rotatable bonds is 5. The van der Waals surface area contributed by atoms with E-state index in [4.69, 9.17) is 5.11 Å². The van der Waals surface area contributed by atoms with Gasteiger partial charge in [-0.05, 0) is 0 Å². The van der Waals surface area contributed by atoms with E-state index in [1.807, 2.05) is 0 Å². The van der Waals surface area contributed by atoms with Crippen molar-refractivity contribution in [3.05, 3.63) is 0 Å². The summed E-state index contributed by atoms with van der Waals surface area (Å²) in [5.74, 6) is -1.65. The maximum absolute atomic E-state index is 11.1. The van der Waals surface area contributed by atoms with Crippen molar-refractivity contribution in [2.75, 3.05) is 13.7 Å². The second-order valence-electron chi connectivity index (χ2n) is 3.54. The SMILES string of the molecule is COC(=O)CN[C@H]1CC(=O)N[C@@H]1CC(=O)O. The Morgan fingerprint density at radius 2 is 2.31 bits per heavy atom. The Morgan fingerprint density at radius 1 is 1.62 bits per heavy atom. The lowest BCUT2D eigenvalue weighted by molar-refractivity contribution is -0.139. The lowest BCUT2D eigenvalue weighted by atomic mass is 10.1. The first-order valence-electron chi connectivity index (χ1n) is 4.84. The van der Waals surface area contributed by atoms with Crippen molar-refractivity contribution in [1.82, 2.24) is 10.6 Å². The summed E-state index contributed by atoms with van der Waals surface area (Å²) in [6.45, 7) is -0.0355. The molecule has 0 aromatic heterocycles. The maximum Gasteiger partial charge on any atom is 0.319 e.